The van der Waals surface area contributed by atoms with Crippen molar-refractivity contribution in [2.75, 3.05) is 19.6 Å². The van der Waals surface area contributed by atoms with Crippen LogP contribution < -0.4 is 5.32 Å². The summed E-state index contributed by atoms with van der Waals surface area (Å²) in [4.78, 5) is 43.0. The van der Waals surface area contributed by atoms with Gasteiger partial charge in [0, 0.05) is 31.6 Å². The van der Waals surface area contributed by atoms with Gasteiger partial charge in [-0.2, -0.15) is 0 Å². The predicted molar refractivity (Wildman–Crippen MR) is 132 cm³/mol. The summed E-state index contributed by atoms with van der Waals surface area (Å²) in [5.41, 5.74) is 2.27. The summed E-state index contributed by atoms with van der Waals surface area (Å²) in [5, 5.41) is 3.01. The fraction of sp³-hybridized carbons (Fsp3) is 0.464. The lowest BCUT2D eigenvalue weighted by atomic mass is 9.73. The van der Waals surface area contributed by atoms with E-state index in [0.717, 1.165) is 11.1 Å². The molecule has 7 heteroatoms. The number of hydrogen-bond donors (Lipinski definition) is 1. The third-order valence-electron chi connectivity index (χ3n) is 7.21. The number of benzene rings is 2. The molecule has 2 aromatic carbocycles. The van der Waals surface area contributed by atoms with E-state index < -0.39 is 11.6 Å². The summed E-state index contributed by atoms with van der Waals surface area (Å²) in [6.45, 7) is 9.19. The molecule has 0 aromatic heterocycles. The largest absolute Gasteiger partial charge is 0.339 e. The molecule has 2 heterocycles. The molecule has 35 heavy (non-hydrogen) atoms. The van der Waals surface area contributed by atoms with Gasteiger partial charge in [0.2, 0.25) is 0 Å². The van der Waals surface area contributed by atoms with E-state index in [1.165, 1.54) is 17.0 Å². The van der Waals surface area contributed by atoms with Crippen molar-refractivity contribution in [3.63, 3.8) is 0 Å². The average Bonchev–Trinajstić information content (AvgIpc) is 3.03. The number of nitrogens with one attached hydrogen (secondary N) is 1. The minimum Gasteiger partial charge on any atom is -0.339 e. The lowest BCUT2D eigenvalue weighted by Gasteiger charge is -2.41. The second-order valence-electron chi connectivity index (χ2n) is 10.4. The van der Waals surface area contributed by atoms with Gasteiger partial charge in [0.1, 0.15) is 11.4 Å². The van der Waals surface area contributed by atoms with Gasteiger partial charge >= 0.3 is 6.03 Å². The van der Waals surface area contributed by atoms with Crippen LogP contribution in [0.25, 0.3) is 0 Å². The molecule has 2 aliphatic rings. The van der Waals surface area contributed by atoms with E-state index in [4.69, 9.17) is 0 Å². The summed E-state index contributed by atoms with van der Waals surface area (Å²) in [7, 11) is 0. The number of urea groups is 1. The number of imide groups is 1. The van der Waals surface area contributed by atoms with Crippen molar-refractivity contribution in [1.29, 1.82) is 0 Å². The Balaban J connectivity index is 1.58. The molecule has 1 N–H and O–H groups in total. The lowest BCUT2D eigenvalue weighted by molar-refractivity contribution is -0.134. The minimum absolute atomic E-state index is 0.0108. The van der Waals surface area contributed by atoms with Gasteiger partial charge in [-0.1, -0.05) is 43.7 Å². The van der Waals surface area contributed by atoms with Crippen molar-refractivity contribution >= 4 is 17.8 Å². The van der Waals surface area contributed by atoms with Crippen LogP contribution in [-0.4, -0.2) is 52.8 Å². The van der Waals surface area contributed by atoms with Crippen molar-refractivity contribution in [2.24, 2.45) is 11.8 Å². The summed E-state index contributed by atoms with van der Waals surface area (Å²) in [6, 6.07) is 11.6. The zero-order valence-corrected chi connectivity index (χ0v) is 20.9. The molecule has 6 nitrogen and oxygen atoms in total. The molecular weight excluding hydrogens is 445 g/mol. The number of halogens is 1. The standard InChI is InChI=1S/C28H34FN3O3/c1-18(2)17-32-26(34)28(30-27(32)35,16-21-6-5-7-23(29)15-21)22-10-12-31(13-11-22)25(33)24-9-8-19(3)14-20(24)4/h5-9,14-15,18,22H,10-13,16-17H2,1-4H3,(H,30,35)/t28-/m0/s1. The molecule has 4 amide bonds. The van der Waals surface area contributed by atoms with Crippen LogP contribution in [0.15, 0.2) is 42.5 Å². The Morgan fingerprint density at radius 1 is 1.11 bits per heavy atom. The van der Waals surface area contributed by atoms with Gasteiger partial charge in [-0.3, -0.25) is 14.5 Å². The van der Waals surface area contributed by atoms with Crippen molar-refractivity contribution in [3.05, 3.63) is 70.5 Å². The Hall–Kier alpha value is -3.22. The maximum absolute atomic E-state index is 14.0. The van der Waals surface area contributed by atoms with Crippen LogP contribution >= 0.6 is 0 Å². The first kappa shape index (κ1) is 24.9. The van der Waals surface area contributed by atoms with Gasteiger partial charge in [0.25, 0.3) is 11.8 Å². The molecule has 2 fully saturated rings. The zero-order chi connectivity index (χ0) is 25.3. The smallest absolute Gasteiger partial charge is 0.325 e. The molecule has 0 unspecified atom stereocenters. The van der Waals surface area contributed by atoms with E-state index in [2.05, 4.69) is 5.32 Å². The normalized spacial score (nSPS) is 21.1. The zero-order valence-electron chi connectivity index (χ0n) is 20.9. The second kappa shape index (κ2) is 9.80. The molecule has 2 saturated heterocycles. The number of piperidine rings is 1. The topological polar surface area (TPSA) is 69.7 Å². The molecule has 186 valence electrons. The summed E-state index contributed by atoms with van der Waals surface area (Å²) in [5.74, 6) is -0.667. The fourth-order valence-corrected chi connectivity index (χ4v) is 5.48. The van der Waals surface area contributed by atoms with E-state index in [1.54, 1.807) is 12.1 Å². The van der Waals surface area contributed by atoms with Gasteiger partial charge in [0.05, 0.1) is 0 Å². The van der Waals surface area contributed by atoms with E-state index in [0.29, 0.717) is 43.6 Å². The summed E-state index contributed by atoms with van der Waals surface area (Å²) < 4.78 is 14.0. The van der Waals surface area contributed by atoms with Crippen LogP contribution in [0.4, 0.5) is 9.18 Å². The van der Waals surface area contributed by atoms with Crippen LogP contribution in [-0.2, 0) is 11.2 Å². The average molecular weight is 480 g/mol. The maximum atomic E-state index is 14.0. The highest BCUT2D eigenvalue weighted by Gasteiger charge is 2.56. The first-order valence-electron chi connectivity index (χ1n) is 12.4. The monoisotopic (exact) mass is 479 g/mol. The Morgan fingerprint density at radius 2 is 1.83 bits per heavy atom. The number of carbonyl (C=O) groups excluding carboxylic acids is 3. The number of carbonyl (C=O) groups is 3. The van der Waals surface area contributed by atoms with E-state index in [9.17, 15) is 18.8 Å². The summed E-state index contributed by atoms with van der Waals surface area (Å²) >= 11 is 0. The van der Waals surface area contributed by atoms with Crippen LogP contribution in [0.2, 0.25) is 0 Å². The second-order valence-corrected chi connectivity index (χ2v) is 10.4. The third kappa shape index (κ3) is 4.95. The highest BCUT2D eigenvalue weighted by molar-refractivity contribution is 6.07. The third-order valence-corrected chi connectivity index (χ3v) is 7.21. The Labute approximate surface area is 206 Å². The van der Waals surface area contributed by atoms with E-state index >= 15 is 0 Å². The number of aryl methyl sites for hydroxylation is 2. The van der Waals surface area contributed by atoms with Gasteiger partial charge in [-0.25, -0.2) is 9.18 Å². The molecule has 1 atom stereocenters. The summed E-state index contributed by atoms with van der Waals surface area (Å²) in [6.07, 6.45) is 1.38. The number of nitrogens with zero attached hydrogens (tertiary/aromatic N) is 2. The van der Waals surface area contributed by atoms with Crippen LogP contribution in [0, 0.1) is 31.5 Å². The number of likely N-dealkylation sites (tertiary alicyclic amines) is 1. The highest BCUT2D eigenvalue weighted by Crippen LogP contribution is 2.37. The van der Waals surface area contributed by atoms with Crippen molar-refractivity contribution < 1.29 is 18.8 Å². The van der Waals surface area contributed by atoms with Crippen LogP contribution in [0.1, 0.15) is 53.7 Å². The van der Waals surface area contributed by atoms with Crippen LogP contribution in [0.3, 0.4) is 0 Å². The molecule has 4 rings (SSSR count). The first-order chi connectivity index (χ1) is 16.6. The fourth-order valence-electron chi connectivity index (χ4n) is 5.48. The molecule has 0 spiro atoms. The molecule has 0 bridgehead atoms. The highest BCUT2D eigenvalue weighted by atomic mass is 19.1. The molecule has 0 aliphatic carbocycles. The van der Waals surface area contributed by atoms with E-state index in [-0.39, 0.29) is 35.9 Å². The van der Waals surface area contributed by atoms with Crippen molar-refractivity contribution in [1.82, 2.24) is 15.1 Å². The Kier molecular flexibility index (Phi) is 6.97. The quantitative estimate of drug-likeness (QED) is 0.621. The number of hydrogen-bond acceptors (Lipinski definition) is 3. The Bertz CT molecular complexity index is 1140. The van der Waals surface area contributed by atoms with Gasteiger partial charge < -0.3 is 10.2 Å². The number of rotatable bonds is 6. The van der Waals surface area contributed by atoms with Gasteiger partial charge in [-0.05, 0) is 67.9 Å². The lowest BCUT2D eigenvalue weighted by Crippen LogP contribution is -2.58. The molecular formula is C28H34FN3O3. The van der Waals surface area contributed by atoms with Crippen molar-refractivity contribution in [3.8, 4) is 0 Å². The maximum Gasteiger partial charge on any atom is 0.325 e. The molecule has 0 saturated carbocycles. The van der Waals surface area contributed by atoms with Gasteiger partial charge in [0.15, 0.2) is 0 Å². The van der Waals surface area contributed by atoms with E-state index in [1.807, 2.05) is 50.8 Å². The Morgan fingerprint density at radius 3 is 2.46 bits per heavy atom. The molecule has 0 radical (unpaired) electrons. The SMILES string of the molecule is Cc1ccc(C(=O)N2CCC([C@]3(Cc4cccc(F)c4)NC(=O)N(CC(C)C)C3=O)CC2)c(C)c1. The minimum atomic E-state index is -1.14. The van der Waals surface area contributed by atoms with Crippen LogP contribution in [0.5, 0.6) is 0 Å². The van der Waals surface area contributed by atoms with Crippen molar-refractivity contribution in [2.45, 2.75) is 52.5 Å². The van der Waals surface area contributed by atoms with Gasteiger partial charge in [-0.15, -0.1) is 0 Å². The molecule has 2 aromatic rings. The molecule has 2 aliphatic heterocycles. The first-order valence-corrected chi connectivity index (χ1v) is 12.4. The number of amides is 4. The predicted octanol–water partition coefficient (Wildman–Crippen LogP) is 4.48.